The van der Waals surface area contributed by atoms with Crippen molar-refractivity contribution in [3.63, 3.8) is 0 Å². The van der Waals surface area contributed by atoms with Gasteiger partial charge in [0.25, 0.3) is 5.92 Å². The molecule has 3 nitrogen and oxygen atoms in total. The van der Waals surface area contributed by atoms with Gasteiger partial charge in [-0.3, -0.25) is 0 Å². The van der Waals surface area contributed by atoms with Crippen LogP contribution in [-0.4, -0.2) is 24.7 Å². The fraction of sp³-hybridized carbons (Fsp3) is 0.727. The maximum atomic E-state index is 13.1. The van der Waals surface area contributed by atoms with E-state index in [1.54, 1.807) is 0 Å². The van der Waals surface area contributed by atoms with Crippen molar-refractivity contribution < 1.29 is 8.78 Å². The molecule has 0 atom stereocenters. The van der Waals surface area contributed by atoms with Crippen LogP contribution in [0.2, 0.25) is 0 Å². The summed E-state index contributed by atoms with van der Waals surface area (Å²) in [4.78, 5) is 4.29. The first-order valence-corrected chi connectivity index (χ1v) is 5.71. The summed E-state index contributed by atoms with van der Waals surface area (Å²) < 4.78 is 26.2. The van der Waals surface area contributed by atoms with Crippen molar-refractivity contribution in [3.05, 3.63) is 11.4 Å². The molecule has 2 aliphatic heterocycles. The first-order valence-electron chi connectivity index (χ1n) is 5.71. The number of allylic oxidation sites excluding steroid dienone is 1. The van der Waals surface area contributed by atoms with E-state index < -0.39 is 12.5 Å². The van der Waals surface area contributed by atoms with Crippen LogP contribution in [0.5, 0.6) is 0 Å². The van der Waals surface area contributed by atoms with Crippen LogP contribution in [-0.2, 0) is 0 Å². The second-order valence-corrected chi connectivity index (χ2v) is 4.40. The third-order valence-electron chi connectivity index (χ3n) is 3.03. The molecule has 0 saturated heterocycles. The lowest BCUT2D eigenvalue weighted by Gasteiger charge is -2.25. The highest BCUT2D eigenvalue weighted by molar-refractivity contribution is 5.87. The monoisotopic (exact) mass is 229 g/mol. The summed E-state index contributed by atoms with van der Waals surface area (Å²) in [6.45, 7) is 0.286. The van der Waals surface area contributed by atoms with Crippen LogP contribution >= 0.6 is 0 Å². The van der Waals surface area contributed by atoms with E-state index >= 15 is 0 Å². The number of nitrogens with zero attached hydrogens (tertiary/aromatic N) is 1. The molecule has 2 heterocycles. The molecule has 0 bridgehead atoms. The van der Waals surface area contributed by atoms with Gasteiger partial charge in [-0.2, -0.15) is 0 Å². The number of hydrogen-bond donors (Lipinski definition) is 2. The van der Waals surface area contributed by atoms with Crippen molar-refractivity contribution >= 4 is 5.71 Å². The lowest BCUT2D eigenvalue weighted by Crippen LogP contribution is -2.32. The van der Waals surface area contributed by atoms with Gasteiger partial charge in [0.05, 0.1) is 13.0 Å². The van der Waals surface area contributed by atoms with Crippen molar-refractivity contribution in [1.82, 2.24) is 5.32 Å². The minimum Gasteiger partial charge on any atom is -0.370 e. The Bertz CT molecular complexity index is 334. The Morgan fingerprint density at radius 1 is 1.31 bits per heavy atom. The molecule has 0 spiro atoms. The summed E-state index contributed by atoms with van der Waals surface area (Å²) in [7, 11) is 0. The molecule has 0 amide bonds. The van der Waals surface area contributed by atoms with Gasteiger partial charge >= 0.3 is 0 Å². The van der Waals surface area contributed by atoms with Crippen LogP contribution in [0.3, 0.4) is 0 Å². The summed E-state index contributed by atoms with van der Waals surface area (Å²) in [6.07, 6.45) is 3.37. The molecular weight excluding hydrogens is 212 g/mol. The van der Waals surface area contributed by atoms with Crippen LogP contribution in [0.15, 0.2) is 16.4 Å². The Hall–Kier alpha value is -0.970. The third-order valence-corrected chi connectivity index (χ3v) is 3.03. The van der Waals surface area contributed by atoms with Gasteiger partial charge in [-0.1, -0.05) is 0 Å². The van der Waals surface area contributed by atoms with Crippen molar-refractivity contribution in [2.45, 2.75) is 38.0 Å². The number of nitrogens with one attached hydrogen (secondary N) is 1. The van der Waals surface area contributed by atoms with E-state index in [1.807, 2.05) is 0 Å². The largest absolute Gasteiger partial charge is 0.370 e. The topological polar surface area (TPSA) is 50.4 Å². The maximum Gasteiger partial charge on any atom is 0.265 e. The molecule has 0 aromatic heterocycles. The summed E-state index contributed by atoms with van der Waals surface area (Å²) >= 11 is 0. The van der Waals surface area contributed by atoms with Gasteiger partial charge in [-0.15, -0.1) is 0 Å². The smallest absolute Gasteiger partial charge is 0.265 e. The summed E-state index contributed by atoms with van der Waals surface area (Å²) in [5, 5.41) is 3.17. The average molecular weight is 229 g/mol. The molecular formula is C11H17F2N3. The highest BCUT2D eigenvalue weighted by atomic mass is 19.3. The molecule has 0 unspecified atom stereocenters. The van der Waals surface area contributed by atoms with E-state index in [2.05, 4.69) is 10.3 Å². The SMILES string of the molecule is NCC(F)(F)CC1=NC2=C(CCCN2)CC1. The van der Waals surface area contributed by atoms with Gasteiger partial charge in [0.15, 0.2) is 0 Å². The predicted octanol–water partition coefficient (Wildman–Crippen LogP) is 1.80. The van der Waals surface area contributed by atoms with Gasteiger partial charge in [0.2, 0.25) is 0 Å². The lowest BCUT2D eigenvalue weighted by atomic mass is 9.95. The molecule has 0 fully saturated rings. The van der Waals surface area contributed by atoms with E-state index in [1.165, 1.54) is 5.57 Å². The Morgan fingerprint density at radius 2 is 2.12 bits per heavy atom. The van der Waals surface area contributed by atoms with Crippen molar-refractivity contribution in [1.29, 1.82) is 0 Å². The fourth-order valence-electron chi connectivity index (χ4n) is 2.12. The molecule has 2 rings (SSSR count). The van der Waals surface area contributed by atoms with E-state index in [-0.39, 0.29) is 6.42 Å². The Morgan fingerprint density at radius 3 is 2.88 bits per heavy atom. The zero-order valence-corrected chi connectivity index (χ0v) is 9.23. The van der Waals surface area contributed by atoms with Crippen molar-refractivity contribution in [3.8, 4) is 0 Å². The molecule has 0 aromatic carbocycles. The molecule has 3 N–H and O–H groups in total. The van der Waals surface area contributed by atoms with Crippen LogP contribution in [0.1, 0.15) is 32.1 Å². The minimum absolute atomic E-state index is 0.304. The molecule has 0 radical (unpaired) electrons. The van der Waals surface area contributed by atoms with Crippen LogP contribution in [0.25, 0.3) is 0 Å². The van der Waals surface area contributed by atoms with Gasteiger partial charge in [0, 0.05) is 12.3 Å². The average Bonchev–Trinajstić information content (AvgIpc) is 2.28. The molecule has 0 aromatic rings. The fourth-order valence-corrected chi connectivity index (χ4v) is 2.12. The summed E-state index contributed by atoms with van der Waals surface area (Å²) in [6, 6.07) is 0. The lowest BCUT2D eigenvalue weighted by molar-refractivity contribution is 0.0185. The Balaban J connectivity index is 2.07. The van der Waals surface area contributed by atoms with Crippen LogP contribution in [0.4, 0.5) is 8.78 Å². The third kappa shape index (κ3) is 2.58. The zero-order chi connectivity index (χ0) is 11.6. The molecule has 16 heavy (non-hydrogen) atoms. The molecule has 2 aliphatic rings. The maximum absolute atomic E-state index is 13.1. The van der Waals surface area contributed by atoms with Gasteiger partial charge in [0.1, 0.15) is 5.82 Å². The molecule has 0 aliphatic carbocycles. The number of hydrogen-bond acceptors (Lipinski definition) is 3. The van der Waals surface area contributed by atoms with E-state index in [4.69, 9.17) is 5.73 Å². The van der Waals surface area contributed by atoms with E-state index in [0.717, 1.165) is 31.6 Å². The molecule has 0 saturated carbocycles. The minimum atomic E-state index is -2.81. The number of halogens is 2. The highest BCUT2D eigenvalue weighted by Gasteiger charge is 2.30. The Kier molecular flexibility index (Phi) is 3.23. The van der Waals surface area contributed by atoms with Gasteiger partial charge in [-0.05, 0) is 31.3 Å². The normalized spacial score (nSPS) is 21.3. The van der Waals surface area contributed by atoms with Gasteiger partial charge in [-0.25, -0.2) is 13.8 Å². The van der Waals surface area contributed by atoms with E-state index in [9.17, 15) is 8.78 Å². The Labute approximate surface area is 93.8 Å². The second-order valence-electron chi connectivity index (χ2n) is 4.40. The van der Waals surface area contributed by atoms with Crippen LogP contribution in [0, 0.1) is 0 Å². The van der Waals surface area contributed by atoms with Gasteiger partial charge < -0.3 is 11.1 Å². The second kappa shape index (κ2) is 4.49. The van der Waals surface area contributed by atoms with Crippen LogP contribution < -0.4 is 11.1 Å². The first kappa shape index (κ1) is 11.5. The summed E-state index contributed by atoms with van der Waals surface area (Å²) in [5.74, 6) is -1.98. The molecule has 5 heteroatoms. The molecule has 90 valence electrons. The van der Waals surface area contributed by atoms with Crippen molar-refractivity contribution in [2.24, 2.45) is 10.7 Å². The zero-order valence-electron chi connectivity index (χ0n) is 9.23. The summed E-state index contributed by atoms with van der Waals surface area (Å²) in [5.41, 5.74) is 6.88. The number of nitrogens with two attached hydrogens (primary N) is 1. The van der Waals surface area contributed by atoms with E-state index in [0.29, 0.717) is 12.1 Å². The standard InChI is InChI=1S/C11H17F2N3/c12-11(13,7-14)6-9-4-3-8-2-1-5-15-10(8)16-9/h15H,1-7,14H2. The number of aliphatic imine (C=N–C) groups is 1. The van der Waals surface area contributed by atoms with Crippen molar-refractivity contribution in [2.75, 3.05) is 13.1 Å². The highest BCUT2D eigenvalue weighted by Crippen LogP contribution is 2.28. The predicted molar refractivity (Wildman–Crippen MR) is 59.6 cm³/mol. The number of alkyl halides is 2. The number of rotatable bonds is 3. The quantitative estimate of drug-likeness (QED) is 0.775. The first-order chi connectivity index (χ1) is 7.61.